The van der Waals surface area contributed by atoms with Crippen LogP contribution >= 0.6 is 0 Å². The molecule has 0 heterocycles. The van der Waals surface area contributed by atoms with E-state index in [2.05, 4.69) is 5.32 Å². The van der Waals surface area contributed by atoms with Gasteiger partial charge in [-0.3, -0.25) is 4.79 Å². The van der Waals surface area contributed by atoms with Crippen LogP contribution in [0.4, 0.5) is 8.78 Å². The lowest BCUT2D eigenvalue weighted by atomic mass is 10.1. The van der Waals surface area contributed by atoms with Crippen LogP contribution in [-0.4, -0.2) is 24.4 Å². The number of alkyl halides is 2. The van der Waals surface area contributed by atoms with E-state index in [0.717, 1.165) is 12.8 Å². The molecule has 1 fully saturated rings. The van der Waals surface area contributed by atoms with Crippen LogP contribution in [0.1, 0.15) is 38.5 Å². The number of hydrogen-bond donors (Lipinski definition) is 2. The zero-order valence-electron chi connectivity index (χ0n) is 8.72. The lowest BCUT2D eigenvalue weighted by Crippen LogP contribution is -2.32. The SMILES string of the molecule is NC(CCCC(F)F)CC(=O)NC1CC1. The second-order valence-electron chi connectivity index (χ2n) is 4.13. The third kappa shape index (κ3) is 6.38. The van der Waals surface area contributed by atoms with Crippen molar-refractivity contribution in [2.45, 2.75) is 57.0 Å². The highest BCUT2D eigenvalue weighted by Crippen LogP contribution is 2.18. The molecule has 0 aliphatic heterocycles. The maximum absolute atomic E-state index is 11.8. The summed E-state index contributed by atoms with van der Waals surface area (Å²) in [4.78, 5) is 11.3. The van der Waals surface area contributed by atoms with E-state index in [1.165, 1.54) is 0 Å². The molecule has 1 amide bonds. The van der Waals surface area contributed by atoms with Gasteiger partial charge in [0.1, 0.15) is 0 Å². The number of rotatable bonds is 7. The molecule has 1 atom stereocenters. The smallest absolute Gasteiger partial charge is 0.238 e. The van der Waals surface area contributed by atoms with Gasteiger partial charge in [0.2, 0.25) is 12.3 Å². The number of carbonyl (C=O) groups excluding carboxylic acids is 1. The molecule has 3 N–H and O–H groups in total. The van der Waals surface area contributed by atoms with Gasteiger partial charge < -0.3 is 11.1 Å². The Kier molecular flexibility index (Phi) is 4.94. The van der Waals surface area contributed by atoms with E-state index < -0.39 is 6.43 Å². The number of halogens is 2. The minimum atomic E-state index is -2.27. The Labute approximate surface area is 88.4 Å². The lowest BCUT2D eigenvalue weighted by molar-refractivity contribution is -0.121. The van der Waals surface area contributed by atoms with Gasteiger partial charge in [-0.25, -0.2) is 8.78 Å². The first-order valence-electron chi connectivity index (χ1n) is 5.41. The average molecular weight is 220 g/mol. The second-order valence-corrected chi connectivity index (χ2v) is 4.13. The van der Waals surface area contributed by atoms with E-state index in [4.69, 9.17) is 5.73 Å². The fourth-order valence-corrected chi connectivity index (χ4v) is 1.39. The number of hydrogen-bond acceptors (Lipinski definition) is 2. The Morgan fingerprint density at radius 2 is 2.07 bits per heavy atom. The zero-order valence-corrected chi connectivity index (χ0v) is 8.72. The summed E-state index contributed by atoms with van der Waals surface area (Å²) < 4.78 is 23.6. The summed E-state index contributed by atoms with van der Waals surface area (Å²) in [6.07, 6.45) is 0.825. The summed E-state index contributed by atoms with van der Waals surface area (Å²) in [5, 5.41) is 2.82. The van der Waals surface area contributed by atoms with Crippen molar-refractivity contribution < 1.29 is 13.6 Å². The van der Waals surface area contributed by atoms with E-state index in [0.29, 0.717) is 18.9 Å². The first-order valence-corrected chi connectivity index (χ1v) is 5.41. The largest absolute Gasteiger partial charge is 0.353 e. The monoisotopic (exact) mass is 220 g/mol. The van der Waals surface area contributed by atoms with Crippen LogP contribution in [0.25, 0.3) is 0 Å². The Bertz CT molecular complexity index is 208. The van der Waals surface area contributed by atoms with Gasteiger partial charge in [-0.05, 0) is 25.7 Å². The molecule has 0 aromatic rings. The fraction of sp³-hybridized carbons (Fsp3) is 0.900. The average Bonchev–Trinajstić information content (AvgIpc) is 2.86. The van der Waals surface area contributed by atoms with Gasteiger partial charge in [0.15, 0.2) is 0 Å². The predicted octanol–water partition coefficient (Wildman–Crippen LogP) is 1.42. The first kappa shape index (κ1) is 12.4. The summed E-state index contributed by atoms with van der Waals surface area (Å²) in [6.45, 7) is 0. The molecule has 1 aliphatic carbocycles. The van der Waals surface area contributed by atoms with Gasteiger partial charge in [0.05, 0.1) is 0 Å². The molecule has 1 rings (SSSR count). The third-order valence-electron chi connectivity index (χ3n) is 2.39. The minimum Gasteiger partial charge on any atom is -0.353 e. The lowest BCUT2D eigenvalue weighted by Gasteiger charge is -2.11. The number of amides is 1. The van der Waals surface area contributed by atoms with Crippen molar-refractivity contribution >= 4 is 5.91 Å². The molecule has 5 heteroatoms. The Morgan fingerprint density at radius 1 is 1.40 bits per heavy atom. The molecule has 0 radical (unpaired) electrons. The molecule has 0 saturated heterocycles. The molecule has 1 saturated carbocycles. The quantitative estimate of drug-likeness (QED) is 0.681. The topological polar surface area (TPSA) is 55.1 Å². The standard InChI is InChI=1S/C10H18F2N2O/c11-9(12)3-1-2-7(13)6-10(15)14-8-4-5-8/h7-9H,1-6,13H2,(H,14,15). The van der Waals surface area contributed by atoms with E-state index in [1.54, 1.807) is 0 Å². The van der Waals surface area contributed by atoms with Gasteiger partial charge in [-0.2, -0.15) is 0 Å². The number of carbonyl (C=O) groups is 1. The van der Waals surface area contributed by atoms with Gasteiger partial charge in [0, 0.05) is 24.9 Å². The maximum Gasteiger partial charge on any atom is 0.238 e. The van der Waals surface area contributed by atoms with Crippen LogP contribution in [0, 0.1) is 0 Å². The Hall–Kier alpha value is -0.710. The second kappa shape index (κ2) is 6.00. The molecule has 3 nitrogen and oxygen atoms in total. The van der Waals surface area contributed by atoms with E-state index >= 15 is 0 Å². The third-order valence-corrected chi connectivity index (χ3v) is 2.39. The van der Waals surface area contributed by atoms with Crippen molar-refractivity contribution in [2.24, 2.45) is 5.73 Å². The fourth-order valence-electron chi connectivity index (χ4n) is 1.39. The van der Waals surface area contributed by atoms with Crippen molar-refractivity contribution in [1.82, 2.24) is 5.32 Å². The molecular weight excluding hydrogens is 202 g/mol. The summed E-state index contributed by atoms with van der Waals surface area (Å²) in [5.74, 6) is -0.0537. The summed E-state index contributed by atoms with van der Waals surface area (Å²) in [6, 6.07) is 0.0493. The van der Waals surface area contributed by atoms with Crippen molar-refractivity contribution in [3.63, 3.8) is 0 Å². The van der Waals surface area contributed by atoms with E-state index in [1.807, 2.05) is 0 Å². The normalized spacial score (nSPS) is 17.9. The molecule has 0 bridgehead atoms. The van der Waals surface area contributed by atoms with Gasteiger partial charge in [-0.15, -0.1) is 0 Å². The first-order chi connectivity index (χ1) is 7.08. The van der Waals surface area contributed by atoms with Crippen LogP contribution in [0.15, 0.2) is 0 Å². The van der Waals surface area contributed by atoms with Crippen LogP contribution < -0.4 is 11.1 Å². The van der Waals surface area contributed by atoms with Gasteiger partial charge in [-0.1, -0.05) is 0 Å². The van der Waals surface area contributed by atoms with Crippen LogP contribution in [-0.2, 0) is 4.79 Å². The molecule has 0 spiro atoms. The summed E-state index contributed by atoms with van der Waals surface area (Å²) >= 11 is 0. The highest BCUT2D eigenvalue weighted by Gasteiger charge is 2.23. The predicted molar refractivity (Wildman–Crippen MR) is 53.6 cm³/mol. The molecule has 0 aromatic heterocycles. The maximum atomic E-state index is 11.8. The highest BCUT2D eigenvalue weighted by atomic mass is 19.3. The number of nitrogens with two attached hydrogens (primary N) is 1. The molecule has 88 valence electrons. The van der Waals surface area contributed by atoms with E-state index in [-0.39, 0.29) is 24.8 Å². The van der Waals surface area contributed by atoms with Crippen LogP contribution in [0.2, 0.25) is 0 Å². The van der Waals surface area contributed by atoms with Crippen LogP contribution in [0.3, 0.4) is 0 Å². The zero-order chi connectivity index (χ0) is 11.3. The molecular formula is C10H18F2N2O. The van der Waals surface area contributed by atoms with Gasteiger partial charge in [0.25, 0.3) is 0 Å². The Morgan fingerprint density at radius 3 is 2.60 bits per heavy atom. The van der Waals surface area contributed by atoms with Crippen LogP contribution in [0.5, 0.6) is 0 Å². The Balaban J connectivity index is 2.00. The van der Waals surface area contributed by atoms with Crippen molar-refractivity contribution in [3.8, 4) is 0 Å². The van der Waals surface area contributed by atoms with E-state index in [9.17, 15) is 13.6 Å². The molecule has 15 heavy (non-hydrogen) atoms. The minimum absolute atomic E-state index is 0.0537. The molecule has 0 aromatic carbocycles. The molecule has 1 unspecified atom stereocenters. The highest BCUT2D eigenvalue weighted by molar-refractivity contribution is 5.77. The van der Waals surface area contributed by atoms with Gasteiger partial charge >= 0.3 is 0 Å². The summed E-state index contributed by atoms with van der Waals surface area (Å²) in [7, 11) is 0. The molecule has 1 aliphatic rings. The van der Waals surface area contributed by atoms with Crippen molar-refractivity contribution in [2.75, 3.05) is 0 Å². The van der Waals surface area contributed by atoms with Crippen molar-refractivity contribution in [1.29, 1.82) is 0 Å². The summed E-state index contributed by atoms with van der Waals surface area (Å²) in [5.41, 5.74) is 5.65. The number of nitrogens with one attached hydrogen (secondary N) is 1. The van der Waals surface area contributed by atoms with Crippen molar-refractivity contribution in [3.05, 3.63) is 0 Å².